The monoisotopic (exact) mass is 212 g/mol. The van der Waals surface area contributed by atoms with Crippen LogP contribution in [-0.4, -0.2) is 0 Å². The van der Waals surface area contributed by atoms with Gasteiger partial charge in [0.05, 0.1) is 6.57 Å². The van der Waals surface area contributed by atoms with Crippen LogP contribution in [0.1, 0.15) is 37.9 Å². The van der Waals surface area contributed by atoms with Gasteiger partial charge in [-0.15, -0.1) is 0 Å². The number of hydrogen-bond acceptors (Lipinski definition) is 0. The molecule has 1 aromatic rings. The van der Waals surface area contributed by atoms with Crippen LogP contribution in [0.5, 0.6) is 0 Å². The lowest BCUT2D eigenvalue weighted by molar-refractivity contribution is 0.365. The number of para-hydroxylation sites is 1. The third kappa shape index (κ3) is 2.23. The van der Waals surface area contributed by atoms with Crippen LogP contribution in [0, 0.1) is 25.5 Å². The van der Waals surface area contributed by atoms with E-state index in [4.69, 9.17) is 13.1 Å². The fourth-order valence-corrected chi connectivity index (χ4v) is 1.78. The minimum Gasteiger partial charge on any atom is -0.309 e. The second-order valence-corrected chi connectivity index (χ2v) is 5.02. The summed E-state index contributed by atoms with van der Waals surface area (Å²) in [6.07, 6.45) is 0. The Kier molecular flexibility index (Phi) is 3.35. The first-order valence-electron chi connectivity index (χ1n) is 5.25. The van der Waals surface area contributed by atoms with Crippen molar-refractivity contribution in [3.63, 3.8) is 0 Å². The van der Waals surface area contributed by atoms with Crippen LogP contribution in [0.4, 0.5) is 5.69 Å². The summed E-state index contributed by atoms with van der Waals surface area (Å²) in [6.45, 7) is 22.6. The Morgan fingerprint density at radius 1 is 1.19 bits per heavy atom. The highest BCUT2D eigenvalue weighted by molar-refractivity contribution is 5.60. The molecule has 0 heterocycles. The van der Waals surface area contributed by atoms with Gasteiger partial charge in [0.2, 0.25) is 11.7 Å². The topological polar surface area (TPSA) is 8.72 Å². The molecule has 0 aliphatic heterocycles. The van der Waals surface area contributed by atoms with Gasteiger partial charge in [0.25, 0.3) is 0 Å². The maximum Gasteiger partial charge on any atom is 0.244 e. The zero-order chi connectivity index (χ0) is 12.3. The van der Waals surface area contributed by atoms with Crippen LogP contribution in [-0.2, 0) is 0 Å². The molecule has 0 saturated carbocycles. The van der Waals surface area contributed by atoms with E-state index < -0.39 is 0 Å². The van der Waals surface area contributed by atoms with Crippen LogP contribution < -0.4 is 0 Å². The van der Waals surface area contributed by atoms with Crippen LogP contribution >= 0.6 is 0 Å². The molecule has 2 heteroatoms. The predicted molar refractivity (Wildman–Crippen MR) is 66.2 cm³/mol. The summed E-state index contributed by atoms with van der Waals surface area (Å²) in [5, 5.41) is 0. The third-order valence-electron chi connectivity index (χ3n) is 2.62. The van der Waals surface area contributed by atoms with Gasteiger partial charge in [-0.3, -0.25) is 0 Å². The van der Waals surface area contributed by atoms with E-state index >= 15 is 0 Å². The van der Waals surface area contributed by atoms with Crippen molar-refractivity contribution < 1.29 is 0 Å². The van der Waals surface area contributed by atoms with Gasteiger partial charge in [-0.25, -0.2) is 11.4 Å². The molecule has 0 bridgehead atoms. The van der Waals surface area contributed by atoms with Gasteiger partial charge in [-0.2, -0.15) is 0 Å². The van der Waals surface area contributed by atoms with Crippen molar-refractivity contribution in [1.82, 2.24) is 0 Å². The Hall–Kier alpha value is -1.80. The van der Waals surface area contributed by atoms with Gasteiger partial charge in [-0.1, -0.05) is 39.0 Å². The summed E-state index contributed by atoms with van der Waals surface area (Å²) in [6, 6.07) is 5.48. The van der Waals surface area contributed by atoms with E-state index in [1.54, 1.807) is 0 Å². The highest BCUT2D eigenvalue weighted by atomic mass is 14.8. The van der Waals surface area contributed by atoms with Crippen molar-refractivity contribution in [3.8, 4) is 0 Å². The maximum absolute atomic E-state index is 7.32. The third-order valence-corrected chi connectivity index (χ3v) is 2.62. The van der Waals surface area contributed by atoms with E-state index in [1.165, 1.54) is 0 Å². The second kappa shape index (κ2) is 4.37. The molecule has 0 N–H and O–H groups in total. The molecule has 82 valence electrons. The maximum atomic E-state index is 7.32. The Balaban J connectivity index is 3.40. The summed E-state index contributed by atoms with van der Waals surface area (Å²) in [5.41, 5.74) is 2.30. The van der Waals surface area contributed by atoms with Crippen molar-refractivity contribution in [2.75, 3.05) is 0 Å². The molecule has 0 fully saturated rings. The highest BCUT2D eigenvalue weighted by Crippen LogP contribution is 2.41. The van der Waals surface area contributed by atoms with Gasteiger partial charge in [0.15, 0.2) is 0 Å². The van der Waals surface area contributed by atoms with Crippen molar-refractivity contribution >= 4 is 5.69 Å². The Morgan fingerprint density at radius 2 is 1.81 bits per heavy atom. The zero-order valence-electron chi connectivity index (χ0n) is 10.2. The van der Waals surface area contributed by atoms with Gasteiger partial charge in [0.1, 0.15) is 0 Å². The average molecular weight is 212 g/mol. The summed E-state index contributed by atoms with van der Waals surface area (Å²) in [5.74, 6) is 0. The lowest BCUT2D eigenvalue weighted by atomic mass is 9.82. The number of hydrogen-bond donors (Lipinski definition) is 0. The van der Waals surface area contributed by atoms with E-state index in [2.05, 4.69) is 9.69 Å². The molecule has 0 aliphatic carbocycles. The Morgan fingerprint density at radius 3 is 2.25 bits per heavy atom. The average Bonchev–Trinajstić information content (AvgIpc) is 2.17. The lowest BCUT2D eigenvalue weighted by Gasteiger charge is -2.22. The quantitative estimate of drug-likeness (QED) is 0.604. The summed E-state index contributed by atoms with van der Waals surface area (Å²) in [7, 11) is 0. The van der Waals surface area contributed by atoms with E-state index in [1.807, 2.05) is 45.9 Å². The first-order valence-corrected chi connectivity index (χ1v) is 5.25. The van der Waals surface area contributed by atoms with Crippen LogP contribution in [0.15, 0.2) is 18.2 Å². The molecule has 16 heavy (non-hydrogen) atoms. The lowest BCUT2D eigenvalue weighted by Crippen LogP contribution is -2.15. The second-order valence-electron chi connectivity index (χ2n) is 5.02. The van der Waals surface area contributed by atoms with E-state index in [0.29, 0.717) is 5.69 Å². The minimum atomic E-state index is -0.253. The van der Waals surface area contributed by atoms with Crippen molar-refractivity contribution in [2.24, 2.45) is 5.41 Å². The Labute approximate surface area is 97.6 Å². The molecule has 0 aliphatic rings. The molecule has 1 aromatic carbocycles. The SMILES string of the molecule is [C-]#[N+]c1c(C)cccc1C([N+]#[C-])C(C)(C)C. The van der Waals surface area contributed by atoms with Crippen molar-refractivity contribution in [3.05, 3.63) is 52.2 Å². The molecule has 0 saturated heterocycles. The number of rotatable bonds is 1. The molecule has 1 rings (SSSR count). The van der Waals surface area contributed by atoms with Gasteiger partial charge < -0.3 is 4.85 Å². The van der Waals surface area contributed by atoms with Gasteiger partial charge in [0, 0.05) is 11.0 Å². The van der Waals surface area contributed by atoms with Crippen LogP contribution in [0.3, 0.4) is 0 Å². The normalized spacial score (nSPS) is 12.6. The summed E-state index contributed by atoms with van der Waals surface area (Å²) in [4.78, 5) is 7.24. The zero-order valence-corrected chi connectivity index (χ0v) is 10.2. The standard InChI is InChI=1S/C14H16N2/c1-10-8-7-9-11(12(10)15-5)13(16-6)14(2,3)4/h7-9,13H,1-4H3. The molecule has 0 aromatic heterocycles. The van der Waals surface area contributed by atoms with Crippen molar-refractivity contribution in [2.45, 2.75) is 33.7 Å². The molecular weight excluding hydrogens is 196 g/mol. The predicted octanol–water partition coefficient (Wildman–Crippen LogP) is 4.55. The molecule has 1 unspecified atom stereocenters. The first kappa shape index (κ1) is 12.3. The van der Waals surface area contributed by atoms with Gasteiger partial charge in [-0.05, 0) is 12.5 Å². The molecule has 0 amide bonds. The highest BCUT2D eigenvalue weighted by Gasteiger charge is 2.33. The first-order chi connectivity index (χ1) is 7.41. The summed E-state index contributed by atoms with van der Waals surface area (Å²) >= 11 is 0. The largest absolute Gasteiger partial charge is 0.309 e. The van der Waals surface area contributed by atoms with E-state index in [-0.39, 0.29) is 11.5 Å². The number of aryl methyl sites for hydroxylation is 1. The Bertz CT molecular complexity index is 467. The molecule has 1 atom stereocenters. The summed E-state index contributed by atoms with van der Waals surface area (Å²) < 4.78 is 0. The van der Waals surface area contributed by atoms with E-state index in [9.17, 15) is 0 Å². The minimum absolute atomic E-state index is 0.144. The fourth-order valence-electron chi connectivity index (χ4n) is 1.78. The fraction of sp³-hybridized carbons (Fsp3) is 0.429. The number of nitrogens with zero attached hydrogens (tertiary/aromatic N) is 2. The van der Waals surface area contributed by atoms with E-state index in [0.717, 1.165) is 11.1 Å². The molecule has 0 radical (unpaired) electrons. The van der Waals surface area contributed by atoms with Crippen LogP contribution in [0.2, 0.25) is 0 Å². The number of benzene rings is 1. The van der Waals surface area contributed by atoms with Crippen molar-refractivity contribution in [1.29, 1.82) is 0 Å². The molecule has 2 nitrogen and oxygen atoms in total. The van der Waals surface area contributed by atoms with Crippen LogP contribution in [0.25, 0.3) is 9.69 Å². The molecule has 0 spiro atoms. The molecular formula is C14H16N2. The van der Waals surface area contributed by atoms with Gasteiger partial charge >= 0.3 is 0 Å². The smallest absolute Gasteiger partial charge is 0.244 e.